The number of aromatic nitrogens is 1. The fraction of sp³-hybridized carbons (Fsp3) is 0.583. The molecule has 1 aromatic heterocycles. The molecule has 2 fully saturated rings. The van der Waals surface area contributed by atoms with Crippen molar-refractivity contribution in [2.24, 2.45) is 11.7 Å². The average molecular weight is 490 g/mol. The lowest BCUT2D eigenvalue weighted by atomic mass is 9.89. The maximum absolute atomic E-state index is 12.8. The number of halogens is 1. The number of nitrogens with zero attached hydrogens (tertiary/aromatic N) is 1. The van der Waals surface area contributed by atoms with Crippen LogP contribution in [-0.2, 0) is 22.5 Å². The smallest absolute Gasteiger partial charge is 0.404 e. The average Bonchev–Trinajstić information content (AvgIpc) is 3.06. The molecule has 0 saturated heterocycles. The summed E-state index contributed by atoms with van der Waals surface area (Å²) in [6.07, 6.45) is 11.4. The van der Waals surface area contributed by atoms with Crippen molar-refractivity contribution >= 4 is 38.8 Å². The first-order chi connectivity index (χ1) is 15.0. The van der Waals surface area contributed by atoms with Gasteiger partial charge in [0.15, 0.2) is 0 Å². The molecular formula is C24H32BrN3O3. The maximum Gasteiger partial charge on any atom is 0.404 e. The second kappa shape index (κ2) is 10.1. The molecule has 0 bridgehead atoms. The molecule has 6 nitrogen and oxygen atoms in total. The van der Waals surface area contributed by atoms with Crippen LogP contribution in [0.2, 0.25) is 0 Å². The third-order valence-electron chi connectivity index (χ3n) is 6.78. The fourth-order valence-electron chi connectivity index (χ4n) is 5.22. The second-order valence-corrected chi connectivity index (χ2v) is 10.0. The lowest BCUT2D eigenvalue weighted by molar-refractivity contribution is -0.121. The van der Waals surface area contributed by atoms with E-state index in [1.165, 1.54) is 37.6 Å². The molecule has 2 aliphatic rings. The predicted octanol–water partition coefficient (Wildman–Crippen LogP) is 5.05. The van der Waals surface area contributed by atoms with Gasteiger partial charge in [-0.3, -0.25) is 4.79 Å². The van der Waals surface area contributed by atoms with Gasteiger partial charge in [-0.25, -0.2) is 4.79 Å². The molecule has 0 spiro atoms. The summed E-state index contributed by atoms with van der Waals surface area (Å²) in [7, 11) is 0. The van der Waals surface area contributed by atoms with Crippen molar-refractivity contribution in [2.45, 2.75) is 82.9 Å². The summed E-state index contributed by atoms with van der Waals surface area (Å²) >= 11 is 3.59. The SMILES string of the molecule is NC(=O)OC1CCC(NC(=O)Cc2cn(CC3CCCCC3)c3ccc(Br)cc23)CC1. The Labute approximate surface area is 192 Å². The molecule has 1 heterocycles. The van der Waals surface area contributed by atoms with E-state index >= 15 is 0 Å². The van der Waals surface area contributed by atoms with Gasteiger partial charge in [-0.15, -0.1) is 0 Å². The molecular weight excluding hydrogens is 458 g/mol. The van der Waals surface area contributed by atoms with Crippen LogP contribution in [0.5, 0.6) is 0 Å². The van der Waals surface area contributed by atoms with E-state index in [9.17, 15) is 9.59 Å². The van der Waals surface area contributed by atoms with Gasteiger partial charge in [0.2, 0.25) is 5.91 Å². The predicted molar refractivity (Wildman–Crippen MR) is 125 cm³/mol. The van der Waals surface area contributed by atoms with Crippen LogP contribution in [0.1, 0.15) is 63.4 Å². The minimum Gasteiger partial charge on any atom is -0.446 e. The standard InChI is InChI=1S/C24H32BrN3O3/c25-18-6-11-22-21(13-18)17(15-28(22)14-16-4-2-1-3-5-16)12-23(29)27-19-7-9-20(10-8-19)31-24(26)30/h6,11,13,15-16,19-20H,1-5,7-10,12,14H2,(H2,26,30)(H,27,29). The molecule has 2 aromatic rings. The molecule has 0 atom stereocenters. The third-order valence-corrected chi connectivity index (χ3v) is 7.27. The molecule has 1 aromatic carbocycles. The normalized spacial score (nSPS) is 22.4. The number of rotatable bonds is 6. The molecule has 31 heavy (non-hydrogen) atoms. The number of carbonyl (C=O) groups excluding carboxylic acids is 2. The van der Waals surface area contributed by atoms with Crippen molar-refractivity contribution < 1.29 is 14.3 Å². The van der Waals surface area contributed by atoms with Crippen molar-refractivity contribution in [1.29, 1.82) is 0 Å². The molecule has 2 amide bonds. The maximum atomic E-state index is 12.8. The Morgan fingerprint density at radius 1 is 1.10 bits per heavy atom. The summed E-state index contributed by atoms with van der Waals surface area (Å²) < 4.78 is 8.47. The summed E-state index contributed by atoms with van der Waals surface area (Å²) in [6.45, 7) is 1.03. The first kappa shape index (κ1) is 22.2. The van der Waals surface area contributed by atoms with Gasteiger partial charge in [0.25, 0.3) is 0 Å². The Balaban J connectivity index is 1.41. The van der Waals surface area contributed by atoms with E-state index in [0.717, 1.165) is 53.6 Å². The molecule has 7 heteroatoms. The van der Waals surface area contributed by atoms with E-state index in [4.69, 9.17) is 10.5 Å². The number of benzene rings is 1. The summed E-state index contributed by atoms with van der Waals surface area (Å²) in [5.74, 6) is 0.781. The van der Waals surface area contributed by atoms with E-state index in [1.54, 1.807) is 0 Å². The lowest BCUT2D eigenvalue weighted by Crippen LogP contribution is -2.40. The zero-order valence-electron chi connectivity index (χ0n) is 17.9. The third kappa shape index (κ3) is 5.82. The summed E-state index contributed by atoms with van der Waals surface area (Å²) in [5.41, 5.74) is 7.39. The number of fused-ring (bicyclic) bond motifs is 1. The molecule has 0 radical (unpaired) electrons. The van der Waals surface area contributed by atoms with Crippen LogP contribution in [0.15, 0.2) is 28.9 Å². The van der Waals surface area contributed by atoms with Crippen LogP contribution >= 0.6 is 15.9 Å². The molecule has 2 saturated carbocycles. The van der Waals surface area contributed by atoms with Gasteiger partial charge in [-0.2, -0.15) is 0 Å². The fourth-order valence-corrected chi connectivity index (χ4v) is 5.58. The van der Waals surface area contributed by atoms with Gasteiger partial charge in [0.05, 0.1) is 6.42 Å². The number of nitrogens with one attached hydrogen (secondary N) is 1. The van der Waals surface area contributed by atoms with Crippen LogP contribution in [0.25, 0.3) is 10.9 Å². The molecule has 168 valence electrons. The van der Waals surface area contributed by atoms with Crippen LogP contribution in [0.4, 0.5) is 4.79 Å². The Morgan fingerprint density at radius 2 is 1.84 bits per heavy atom. The lowest BCUT2D eigenvalue weighted by Gasteiger charge is -2.28. The minimum absolute atomic E-state index is 0.0518. The summed E-state index contributed by atoms with van der Waals surface area (Å²) in [6, 6.07) is 6.49. The van der Waals surface area contributed by atoms with Gasteiger partial charge in [-0.1, -0.05) is 35.2 Å². The number of nitrogens with two attached hydrogens (primary N) is 1. The second-order valence-electron chi connectivity index (χ2n) is 9.13. The van der Waals surface area contributed by atoms with E-state index in [1.807, 2.05) is 0 Å². The first-order valence-corrected chi connectivity index (χ1v) is 12.3. The quantitative estimate of drug-likeness (QED) is 0.594. The summed E-state index contributed by atoms with van der Waals surface area (Å²) in [5, 5.41) is 4.33. The van der Waals surface area contributed by atoms with Crippen LogP contribution in [0, 0.1) is 5.92 Å². The zero-order valence-corrected chi connectivity index (χ0v) is 19.5. The molecule has 0 aliphatic heterocycles. The highest BCUT2D eigenvalue weighted by Crippen LogP contribution is 2.30. The molecule has 2 aliphatic carbocycles. The first-order valence-electron chi connectivity index (χ1n) is 11.5. The Morgan fingerprint density at radius 3 is 2.55 bits per heavy atom. The minimum atomic E-state index is -0.719. The van der Waals surface area contributed by atoms with Gasteiger partial charge < -0.3 is 20.4 Å². The molecule has 0 unspecified atom stereocenters. The number of hydrogen-bond acceptors (Lipinski definition) is 3. The van der Waals surface area contributed by atoms with Crippen molar-refractivity contribution in [3.63, 3.8) is 0 Å². The highest BCUT2D eigenvalue weighted by Gasteiger charge is 2.25. The van der Waals surface area contributed by atoms with Gasteiger partial charge >= 0.3 is 6.09 Å². The van der Waals surface area contributed by atoms with Gasteiger partial charge in [0, 0.05) is 34.2 Å². The topological polar surface area (TPSA) is 86.4 Å². The number of amides is 2. The number of hydrogen-bond donors (Lipinski definition) is 2. The number of ether oxygens (including phenoxy) is 1. The van der Waals surface area contributed by atoms with Crippen molar-refractivity contribution in [2.75, 3.05) is 0 Å². The highest BCUT2D eigenvalue weighted by atomic mass is 79.9. The Hall–Kier alpha value is -2.02. The zero-order chi connectivity index (χ0) is 21.8. The monoisotopic (exact) mass is 489 g/mol. The van der Waals surface area contributed by atoms with Crippen molar-refractivity contribution in [3.05, 3.63) is 34.4 Å². The van der Waals surface area contributed by atoms with Crippen molar-refractivity contribution in [3.8, 4) is 0 Å². The van der Waals surface area contributed by atoms with Crippen LogP contribution in [0.3, 0.4) is 0 Å². The Kier molecular flexibility index (Phi) is 7.20. The number of primary amides is 1. The van der Waals surface area contributed by atoms with Gasteiger partial charge in [-0.05, 0) is 68.2 Å². The van der Waals surface area contributed by atoms with E-state index in [2.05, 4.69) is 50.2 Å². The van der Waals surface area contributed by atoms with Crippen molar-refractivity contribution in [1.82, 2.24) is 9.88 Å². The van der Waals surface area contributed by atoms with Crippen LogP contribution in [-0.4, -0.2) is 28.7 Å². The highest BCUT2D eigenvalue weighted by molar-refractivity contribution is 9.10. The molecule has 4 rings (SSSR count). The van der Waals surface area contributed by atoms with E-state index in [-0.39, 0.29) is 18.1 Å². The summed E-state index contributed by atoms with van der Waals surface area (Å²) in [4.78, 5) is 23.7. The largest absolute Gasteiger partial charge is 0.446 e. The van der Waals surface area contributed by atoms with Crippen LogP contribution < -0.4 is 11.1 Å². The van der Waals surface area contributed by atoms with E-state index in [0.29, 0.717) is 6.42 Å². The van der Waals surface area contributed by atoms with Gasteiger partial charge in [0.1, 0.15) is 6.10 Å². The number of carbonyl (C=O) groups is 2. The molecule has 3 N–H and O–H groups in total. The van der Waals surface area contributed by atoms with E-state index < -0.39 is 6.09 Å². The Bertz CT molecular complexity index is 928.